The fraction of sp³-hybridized carbons (Fsp3) is 0.286. The summed E-state index contributed by atoms with van der Waals surface area (Å²) >= 11 is 0. The largest absolute Gasteiger partial charge is 0.354 e. The van der Waals surface area contributed by atoms with E-state index in [0.717, 1.165) is 36.6 Å². The molecule has 0 bridgehead atoms. The van der Waals surface area contributed by atoms with E-state index in [9.17, 15) is 4.79 Å². The van der Waals surface area contributed by atoms with Crippen molar-refractivity contribution < 1.29 is 9.63 Å². The highest BCUT2D eigenvalue weighted by molar-refractivity contribution is 5.96. The van der Waals surface area contributed by atoms with Gasteiger partial charge in [-0.05, 0) is 61.9 Å². The van der Waals surface area contributed by atoms with Gasteiger partial charge in [0.15, 0.2) is 5.78 Å². The van der Waals surface area contributed by atoms with Crippen molar-refractivity contribution in [2.75, 3.05) is 38.0 Å². The van der Waals surface area contributed by atoms with Gasteiger partial charge in [-0.25, -0.2) is 0 Å². The molecule has 1 heterocycles. The average molecular weight is 351 g/mol. The van der Waals surface area contributed by atoms with Crippen molar-refractivity contribution in [3.8, 4) is 0 Å². The molecule has 2 aromatic carbocycles. The molecule has 5 heteroatoms. The van der Waals surface area contributed by atoms with E-state index < -0.39 is 0 Å². The van der Waals surface area contributed by atoms with E-state index in [-0.39, 0.29) is 5.78 Å². The molecule has 136 valence electrons. The minimum absolute atomic E-state index is 0.0195. The van der Waals surface area contributed by atoms with Crippen LogP contribution in [-0.2, 0) is 4.84 Å². The van der Waals surface area contributed by atoms with Crippen molar-refractivity contribution in [1.29, 1.82) is 0 Å². The normalized spacial score (nSPS) is 14.7. The number of ketones is 1. The van der Waals surface area contributed by atoms with Crippen LogP contribution in [0.15, 0.2) is 48.5 Å². The Morgan fingerprint density at radius 3 is 2.73 bits per heavy atom. The summed E-state index contributed by atoms with van der Waals surface area (Å²) < 4.78 is 0. The van der Waals surface area contributed by atoms with Gasteiger partial charge in [-0.15, -0.1) is 0 Å². The quantitative estimate of drug-likeness (QED) is 0.599. The van der Waals surface area contributed by atoms with E-state index >= 15 is 0 Å². The van der Waals surface area contributed by atoms with Crippen molar-refractivity contribution in [3.63, 3.8) is 0 Å². The first-order valence-electron chi connectivity index (χ1n) is 8.76. The van der Waals surface area contributed by atoms with Crippen LogP contribution in [0, 0.1) is 0 Å². The van der Waals surface area contributed by atoms with E-state index in [1.165, 1.54) is 11.1 Å². The lowest BCUT2D eigenvalue weighted by Gasteiger charge is -2.23. The standard InChI is InChI=1S/C21H25N3O2/c1-15(25)16-9-10-20(21(13-16)23-26-3)22-19-8-4-6-17(12-19)18-7-5-11-24(2)14-18/h4,6-10,12-13,22-23H,5,11,14H2,1-3H3. The second kappa shape index (κ2) is 8.17. The Hall–Kier alpha value is -2.63. The number of anilines is 3. The number of nitrogens with one attached hydrogen (secondary N) is 2. The molecule has 0 amide bonds. The summed E-state index contributed by atoms with van der Waals surface area (Å²) in [7, 11) is 3.70. The van der Waals surface area contributed by atoms with Crippen molar-refractivity contribution in [2.45, 2.75) is 13.3 Å². The second-order valence-electron chi connectivity index (χ2n) is 6.58. The summed E-state index contributed by atoms with van der Waals surface area (Å²) in [5.41, 5.74) is 8.62. The lowest BCUT2D eigenvalue weighted by molar-refractivity contribution is 0.101. The van der Waals surface area contributed by atoms with Gasteiger partial charge in [0, 0.05) is 24.3 Å². The first kappa shape index (κ1) is 18.2. The number of carbonyl (C=O) groups excluding carboxylic acids is 1. The minimum Gasteiger partial charge on any atom is -0.354 e. The molecule has 0 unspecified atom stereocenters. The molecule has 0 aromatic heterocycles. The molecule has 0 spiro atoms. The second-order valence-corrected chi connectivity index (χ2v) is 6.58. The average Bonchev–Trinajstić information content (AvgIpc) is 2.63. The van der Waals surface area contributed by atoms with Gasteiger partial charge >= 0.3 is 0 Å². The third-order valence-corrected chi connectivity index (χ3v) is 4.49. The number of nitrogens with zero attached hydrogens (tertiary/aromatic N) is 1. The SMILES string of the molecule is CONc1cc(C(C)=O)ccc1Nc1cccc(C2=CCCN(C)C2)c1. The molecule has 3 rings (SSSR count). The molecule has 2 N–H and O–H groups in total. The van der Waals surface area contributed by atoms with E-state index in [2.05, 4.69) is 47.0 Å². The summed E-state index contributed by atoms with van der Waals surface area (Å²) in [6.45, 7) is 3.63. The van der Waals surface area contributed by atoms with Crippen molar-refractivity contribution >= 4 is 28.4 Å². The summed E-state index contributed by atoms with van der Waals surface area (Å²) in [5.74, 6) is 0.0195. The molecule has 1 aliphatic heterocycles. The fourth-order valence-corrected chi connectivity index (χ4v) is 3.12. The lowest BCUT2D eigenvalue weighted by Crippen LogP contribution is -2.24. The Bertz CT molecular complexity index is 830. The maximum Gasteiger partial charge on any atom is 0.159 e. The van der Waals surface area contributed by atoms with Crippen LogP contribution in [0.2, 0.25) is 0 Å². The molecule has 0 aliphatic carbocycles. The number of benzene rings is 2. The highest BCUT2D eigenvalue weighted by atomic mass is 16.6. The first-order valence-corrected chi connectivity index (χ1v) is 8.76. The molecule has 0 fully saturated rings. The molecule has 2 aromatic rings. The number of hydrogen-bond donors (Lipinski definition) is 2. The maximum absolute atomic E-state index is 11.6. The summed E-state index contributed by atoms with van der Waals surface area (Å²) in [6, 6.07) is 13.9. The number of Topliss-reactive ketones (excluding diaryl/α,β-unsaturated/α-hetero) is 1. The Morgan fingerprint density at radius 1 is 1.15 bits per heavy atom. The third-order valence-electron chi connectivity index (χ3n) is 4.49. The summed E-state index contributed by atoms with van der Waals surface area (Å²) in [6.07, 6.45) is 3.40. The summed E-state index contributed by atoms with van der Waals surface area (Å²) in [4.78, 5) is 19.0. The van der Waals surface area contributed by atoms with Crippen LogP contribution in [0.5, 0.6) is 0 Å². The van der Waals surface area contributed by atoms with Crippen LogP contribution in [0.4, 0.5) is 17.1 Å². The fourth-order valence-electron chi connectivity index (χ4n) is 3.12. The van der Waals surface area contributed by atoms with E-state index in [0.29, 0.717) is 5.56 Å². The van der Waals surface area contributed by atoms with Gasteiger partial charge in [0.2, 0.25) is 0 Å². The molecule has 5 nitrogen and oxygen atoms in total. The predicted octanol–water partition coefficient (Wildman–Crippen LogP) is 4.33. The summed E-state index contributed by atoms with van der Waals surface area (Å²) in [5, 5.41) is 3.42. The molecule has 0 saturated heterocycles. The highest BCUT2D eigenvalue weighted by Crippen LogP contribution is 2.29. The van der Waals surface area contributed by atoms with Gasteiger partial charge in [-0.2, -0.15) is 0 Å². The molecular weight excluding hydrogens is 326 g/mol. The minimum atomic E-state index is 0.0195. The predicted molar refractivity (Wildman–Crippen MR) is 107 cm³/mol. The van der Waals surface area contributed by atoms with Crippen molar-refractivity contribution in [2.24, 2.45) is 0 Å². The van der Waals surface area contributed by atoms with Crippen LogP contribution < -0.4 is 10.8 Å². The topological polar surface area (TPSA) is 53.6 Å². The highest BCUT2D eigenvalue weighted by Gasteiger charge is 2.12. The van der Waals surface area contributed by atoms with Crippen LogP contribution in [-0.4, -0.2) is 37.9 Å². The van der Waals surface area contributed by atoms with Crippen LogP contribution in [0.25, 0.3) is 5.57 Å². The van der Waals surface area contributed by atoms with E-state index in [1.54, 1.807) is 20.1 Å². The maximum atomic E-state index is 11.6. The third kappa shape index (κ3) is 4.31. The molecular formula is C21H25N3O2. The van der Waals surface area contributed by atoms with Gasteiger partial charge in [0.05, 0.1) is 18.5 Å². The van der Waals surface area contributed by atoms with Crippen LogP contribution in [0.3, 0.4) is 0 Å². The Labute approximate surface area is 154 Å². The monoisotopic (exact) mass is 351 g/mol. The zero-order valence-electron chi connectivity index (χ0n) is 15.5. The number of likely N-dealkylation sites (N-methyl/N-ethyl adjacent to an activating group) is 1. The van der Waals surface area contributed by atoms with Crippen molar-refractivity contribution in [1.82, 2.24) is 4.90 Å². The van der Waals surface area contributed by atoms with Crippen LogP contribution >= 0.6 is 0 Å². The first-order chi connectivity index (χ1) is 12.6. The zero-order chi connectivity index (χ0) is 18.5. The van der Waals surface area contributed by atoms with Crippen LogP contribution in [0.1, 0.15) is 29.3 Å². The van der Waals surface area contributed by atoms with Gasteiger partial charge in [-0.1, -0.05) is 18.2 Å². The van der Waals surface area contributed by atoms with E-state index in [4.69, 9.17) is 4.84 Å². The zero-order valence-corrected chi connectivity index (χ0v) is 15.5. The lowest BCUT2D eigenvalue weighted by atomic mass is 10.0. The van der Waals surface area contributed by atoms with Gasteiger partial charge in [-0.3, -0.25) is 15.1 Å². The molecule has 0 radical (unpaired) electrons. The Morgan fingerprint density at radius 2 is 2.00 bits per heavy atom. The van der Waals surface area contributed by atoms with Crippen molar-refractivity contribution in [3.05, 3.63) is 59.7 Å². The Kier molecular flexibility index (Phi) is 5.71. The number of carbonyl (C=O) groups is 1. The van der Waals surface area contributed by atoms with E-state index in [1.807, 2.05) is 18.2 Å². The molecule has 26 heavy (non-hydrogen) atoms. The molecule has 0 saturated carbocycles. The Balaban J connectivity index is 1.86. The molecule has 0 atom stereocenters. The number of hydrogen-bond acceptors (Lipinski definition) is 5. The van der Waals surface area contributed by atoms with Gasteiger partial charge < -0.3 is 10.2 Å². The number of rotatable bonds is 6. The smallest absolute Gasteiger partial charge is 0.159 e. The van der Waals surface area contributed by atoms with Gasteiger partial charge in [0.25, 0.3) is 0 Å². The van der Waals surface area contributed by atoms with Gasteiger partial charge in [0.1, 0.15) is 0 Å². The molecule has 1 aliphatic rings.